The molecule has 2 heterocycles. The lowest BCUT2D eigenvalue weighted by molar-refractivity contribution is -0.0435. The molecule has 0 unspecified atom stereocenters. The largest absolute Gasteiger partial charge is 0.490 e. The third-order valence-electron chi connectivity index (χ3n) is 4.09. The van der Waals surface area contributed by atoms with E-state index in [4.69, 9.17) is 4.74 Å². The molecule has 0 saturated carbocycles. The zero-order valence-electron chi connectivity index (χ0n) is 11.5. The second kappa shape index (κ2) is 6.06. The topological polar surface area (TPSA) is 15.7 Å². The van der Waals surface area contributed by atoms with Crippen LogP contribution in [-0.4, -0.2) is 42.3 Å². The Morgan fingerprint density at radius 2 is 1.55 bits per heavy atom. The Bertz CT molecular complexity index is 455. The van der Waals surface area contributed by atoms with E-state index in [9.17, 15) is 8.78 Å². The average Bonchev–Trinajstić information content (AvgIpc) is 2.98. The van der Waals surface area contributed by atoms with Crippen LogP contribution in [0, 0.1) is 11.6 Å². The molecule has 1 aromatic rings. The maximum absolute atomic E-state index is 13.1. The fourth-order valence-electron chi connectivity index (χ4n) is 2.97. The molecule has 0 atom stereocenters. The number of ether oxygens (including phenoxy) is 1. The summed E-state index contributed by atoms with van der Waals surface area (Å²) < 4.78 is 31.7. The molecule has 2 fully saturated rings. The van der Waals surface area contributed by atoms with Gasteiger partial charge in [-0.05, 0) is 37.8 Å². The van der Waals surface area contributed by atoms with E-state index >= 15 is 0 Å². The zero-order valence-corrected chi connectivity index (χ0v) is 11.5. The van der Waals surface area contributed by atoms with Gasteiger partial charge in [0.25, 0.3) is 0 Å². The van der Waals surface area contributed by atoms with Gasteiger partial charge in [-0.15, -0.1) is 0 Å². The molecule has 0 spiro atoms. The Morgan fingerprint density at radius 3 is 2.20 bits per heavy atom. The summed E-state index contributed by atoms with van der Waals surface area (Å²) in [6.45, 7) is 4.28. The fourth-order valence-corrected chi connectivity index (χ4v) is 2.97. The van der Waals surface area contributed by atoms with Crippen LogP contribution in [0.25, 0.3) is 0 Å². The number of hydrogen-bond acceptors (Lipinski definition) is 3. The maximum atomic E-state index is 13.1. The van der Waals surface area contributed by atoms with Crippen LogP contribution in [-0.2, 0) is 0 Å². The molecule has 110 valence electrons. The van der Waals surface area contributed by atoms with Crippen LogP contribution >= 0.6 is 0 Å². The summed E-state index contributed by atoms with van der Waals surface area (Å²) in [6.07, 6.45) is 4.51. The number of hydrazine groups is 1. The minimum Gasteiger partial charge on any atom is -0.490 e. The second-order valence-corrected chi connectivity index (χ2v) is 5.51. The summed E-state index contributed by atoms with van der Waals surface area (Å²) in [5, 5.41) is 4.83. The molecule has 0 amide bonds. The van der Waals surface area contributed by atoms with Gasteiger partial charge in [0.15, 0.2) is 11.6 Å². The van der Waals surface area contributed by atoms with Gasteiger partial charge < -0.3 is 4.74 Å². The highest BCUT2D eigenvalue weighted by atomic mass is 19.2. The van der Waals surface area contributed by atoms with Gasteiger partial charge in [-0.3, -0.25) is 0 Å². The molecular weight excluding hydrogens is 262 g/mol. The normalized spacial score (nSPS) is 22.3. The lowest BCUT2D eigenvalue weighted by atomic mass is 10.1. The average molecular weight is 282 g/mol. The third kappa shape index (κ3) is 3.10. The van der Waals surface area contributed by atoms with Crippen LogP contribution < -0.4 is 4.74 Å². The van der Waals surface area contributed by atoms with Gasteiger partial charge in [-0.2, -0.15) is 0 Å². The van der Waals surface area contributed by atoms with Gasteiger partial charge in [-0.25, -0.2) is 18.8 Å². The molecular formula is C15H20F2N2O. The van der Waals surface area contributed by atoms with Gasteiger partial charge >= 0.3 is 0 Å². The molecule has 0 radical (unpaired) electrons. The summed E-state index contributed by atoms with van der Waals surface area (Å²) in [7, 11) is 0. The first kappa shape index (κ1) is 13.8. The second-order valence-electron chi connectivity index (χ2n) is 5.51. The Balaban J connectivity index is 1.51. The molecule has 20 heavy (non-hydrogen) atoms. The van der Waals surface area contributed by atoms with Crippen molar-refractivity contribution < 1.29 is 13.5 Å². The molecule has 2 saturated heterocycles. The monoisotopic (exact) mass is 282 g/mol. The van der Waals surface area contributed by atoms with E-state index in [1.165, 1.54) is 18.9 Å². The van der Waals surface area contributed by atoms with Crippen LogP contribution in [0.4, 0.5) is 8.78 Å². The van der Waals surface area contributed by atoms with E-state index in [0.29, 0.717) is 5.75 Å². The number of benzene rings is 1. The van der Waals surface area contributed by atoms with Crippen molar-refractivity contribution in [3.8, 4) is 5.75 Å². The molecule has 0 N–H and O–H groups in total. The minimum absolute atomic E-state index is 0.0960. The summed E-state index contributed by atoms with van der Waals surface area (Å²) >= 11 is 0. The van der Waals surface area contributed by atoms with E-state index < -0.39 is 11.6 Å². The Morgan fingerprint density at radius 1 is 0.900 bits per heavy atom. The van der Waals surface area contributed by atoms with Gasteiger partial charge in [0, 0.05) is 32.2 Å². The number of halogens is 2. The lowest BCUT2D eigenvalue weighted by Gasteiger charge is -2.37. The SMILES string of the molecule is Fc1ccc(OC2CCN(N3CCCC3)CC2)cc1F. The van der Waals surface area contributed by atoms with Crippen molar-refractivity contribution in [2.75, 3.05) is 26.2 Å². The molecule has 5 heteroatoms. The molecule has 2 aliphatic heterocycles. The molecule has 0 aliphatic carbocycles. The van der Waals surface area contributed by atoms with E-state index in [1.54, 1.807) is 0 Å². The van der Waals surface area contributed by atoms with Crippen molar-refractivity contribution in [1.82, 2.24) is 10.0 Å². The molecule has 0 bridgehead atoms. The number of nitrogens with zero attached hydrogens (tertiary/aromatic N) is 2. The molecule has 2 aliphatic rings. The highest BCUT2D eigenvalue weighted by molar-refractivity contribution is 5.23. The van der Waals surface area contributed by atoms with E-state index in [0.717, 1.165) is 51.2 Å². The Labute approximate surface area is 118 Å². The van der Waals surface area contributed by atoms with E-state index in [2.05, 4.69) is 10.0 Å². The van der Waals surface area contributed by atoms with Crippen LogP contribution in [0.1, 0.15) is 25.7 Å². The third-order valence-corrected chi connectivity index (χ3v) is 4.09. The Kier molecular flexibility index (Phi) is 4.17. The van der Waals surface area contributed by atoms with Crippen LogP contribution in [0.3, 0.4) is 0 Å². The zero-order chi connectivity index (χ0) is 13.9. The lowest BCUT2D eigenvalue weighted by Crippen LogP contribution is -2.47. The smallest absolute Gasteiger partial charge is 0.162 e. The first-order valence-corrected chi connectivity index (χ1v) is 7.34. The first-order valence-electron chi connectivity index (χ1n) is 7.34. The first-order chi connectivity index (χ1) is 9.72. The predicted molar refractivity (Wildman–Crippen MR) is 72.4 cm³/mol. The van der Waals surface area contributed by atoms with Crippen LogP contribution in [0.15, 0.2) is 18.2 Å². The van der Waals surface area contributed by atoms with Crippen molar-refractivity contribution in [2.45, 2.75) is 31.8 Å². The highest BCUT2D eigenvalue weighted by Crippen LogP contribution is 2.23. The van der Waals surface area contributed by atoms with Gasteiger partial charge in [0.05, 0.1) is 0 Å². The summed E-state index contributed by atoms with van der Waals surface area (Å²) in [6, 6.07) is 3.73. The van der Waals surface area contributed by atoms with Crippen molar-refractivity contribution in [2.24, 2.45) is 0 Å². The summed E-state index contributed by atoms with van der Waals surface area (Å²) in [4.78, 5) is 0. The van der Waals surface area contributed by atoms with Gasteiger partial charge in [0.2, 0.25) is 0 Å². The molecule has 1 aromatic carbocycles. The summed E-state index contributed by atoms with van der Waals surface area (Å²) in [5.41, 5.74) is 0. The van der Waals surface area contributed by atoms with Gasteiger partial charge in [-0.1, -0.05) is 0 Å². The van der Waals surface area contributed by atoms with Crippen molar-refractivity contribution in [3.63, 3.8) is 0 Å². The predicted octanol–water partition coefficient (Wildman–Crippen LogP) is 2.82. The van der Waals surface area contributed by atoms with Crippen molar-refractivity contribution in [1.29, 1.82) is 0 Å². The van der Waals surface area contributed by atoms with Crippen LogP contribution in [0.5, 0.6) is 5.75 Å². The highest BCUT2D eigenvalue weighted by Gasteiger charge is 2.26. The summed E-state index contributed by atoms with van der Waals surface area (Å²) in [5.74, 6) is -1.26. The number of rotatable bonds is 3. The standard InChI is InChI=1S/C15H20F2N2O/c16-14-4-3-13(11-15(14)17)20-12-5-9-19(10-6-12)18-7-1-2-8-18/h3-4,11-12H,1-2,5-10H2. The van der Waals surface area contributed by atoms with E-state index in [-0.39, 0.29) is 6.10 Å². The van der Waals surface area contributed by atoms with Crippen molar-refractivity contribution >= 4 is 0 Å². The molecule has 3 nitrogen and oxygen atoms in total. The fraction of sp³-hybridized carbons (Fsp3) is 0.600. The maximum Gasteiger partial charge on any atom is 0.162 e. The number of piperidine rings is 1. The van der Waals surface area contributed by atoms with Crippen LogP contribution in [0.2, 0.25) is 0 Å². The Hall–Kier alpha value is -1.20. The molecule has 0 aromatic heterocycles. The number of hydrogen-bond donors (Lipinski definition) is 0. The quantitative estimate of drug-likeness (QED) is 0.848. The molecule has 3 rings (SSSR count). The van der Waals surface area contributed by atoms with Gasteiger partial charge in [0.1, 0.15) is 11.9 Å². The van der Waals surface area contributed by atoms with E-state index in [1.807, 2.05) is 0 Å². The minimum atomic E-state index is -0.850. The van der Waals surface area contributed by atoms with Crippen molar-refractivity contribution in [3.05, 3.63) is 29.8 Å².